The number of benzene rings is 2. The molecule has 0 spiro atoms. The molecule has 0 amide bonds. The van der Waals surface area contributed by atoms with E-state index in [4.69, 9.17) is 9.56 Å². The van der Waals surface area contributed by atoms with Crippen LogP contribution in [-0.4, -0.2) is 19.6 Å². The summed E-state index contributed by atoms with van der Waals surface area (Å²) >= 11 is 0. The number of nitro groups is 1. The molecule has 0 atom stereocenters. The molecule has 0 unspecified atom stereocenters. The summed E-state index contributed by atoms with van der Waals surface area (Å²) in [6.45, 7) is 1.78. The predicted molar refractivity (Wildman–Crippen MR) is 105 cm³/mol. The molecule has 0 radical (unpaired) electrons. The van der Waals surface area contributed by atoms with Crippen LogP contribution in [0.15, 0.2) is 69.0 Å². The smallest absolute Gasteiger partial charge is 0.280 e. The van der Waals surface area contributed by atoms with Crippen LogP contribution in [0.3, 0.4) is 0 Å². The Bertz CT molecular complexity index is 1150. The molecular formula is C18H16N4O5S. The molecule has 144 valence electrons. The predicted octanol–water partition coefficient (Wildman–Crippen LogP) is 3.26. The molecule has 0 bridgehead atoms. The van der Waals surface area contributed by atoms with E-state index < -0.39 is 14.9 Å². The molecule has 28 heavy (non-hydrogen) atoms. The average Bonchev–Trinajstić information content (AvgIpc) is 3.10. The van der Waals surface area contributed by atoms with Gasteiger partial charge in [-0.25, -0.2) is 13.6 Å². The van der Waals surface area contributed by atoms with Crippen LogP contribution in [0.1, 0.15) is 11.3 Å². The number of hydrazone groups is 1. The number of sulfonamides is 1. The summed E-state index contributed by atoms with van der Waals surface area (Å²) < 4.78 is 28.1. The van der Waals surface area contributed by atoms with Crippen molar-refractivity contribution >= 4 is 27.6 Å². The molecule has 3 rings (SSSR count). The Morgan fingerprint density at radius 2 is 1.86 bits per heavy atom. The lowest BCUT2D eigenvalue weighted by Crippen LogP contribution is -2.11. The van der Waals surface area contributed by atoms with Crippen molar-refractivity contribution in [1.29, 1.82) is 0 Å². The average molecular weight is 400 g/mol. The molecule has 10 heteroatoms. The van der Waals surface area contributed by atoms with E-state index in [1.54, 1.807) is 31.2 Å². The van der Waals surface area contributed by atoms with Gasteiger partial charge in [-0.2, -0.15) is 5.10 Å². The van der Waals surface area contributed by atoms with Crippen molar-refractivity contribution in [3.63, 3.8) is 0 Å². The molecule has 1 heterocycles. The van der Waals surface area contributed by atoms with Crippen molar-refractivity contribution in [3.05, 3.63) is 76.0 Å². The second-order valence-corrected chi connectivity index (χ2v) is 7.48. The van der Waals surface area contributed by atoms with Gasteiger partial charge in [0, 0.05) is 6.07 Å². The minimum absolute atomic E-state index is 0.00241. The molecule has 0 aliphatic carbocycles. The van der Waals surface area contributed by atoms with E-state index in [1.807, 2.05) is 0 Å². The standard InChI is InChI=1S/C18H16N4O5S/c1-12-2-8-16(17(10-12)22(23)24)18-9-5-14(27-18)11-20-21-13-3-6-15(7-4-13)28(19,25)26/h2-11,21H,1H3,(H2,19,25,26). The summed E-state index contributed by atoms with van der Waals surface area (Å²) in [4.78, 5) is 10.8. The van der Waals surface area contributed by atoms with Gasteiger partial charge in [0.2, 0.25) is 10.0 Å². The molecule has 1 aromatic heterocycles. The van der Waals surface area contributed by atoms with Gasteiger partial charge in [-0.15, -0.1) is 0 Å². The maximum absolute atomic E-state index is 11.3. The minimum Gasteiger partial charge on any atom is -0.455 e. The van der Waals surface area contributed by atoms with Gasteiger partial charge in [0.05, 0.1) is 27.3 Å². The summed E-state index contributed by atoms with van der Waals surface area (Å²) in [6, 6.07) is 13.9. The highest BCUT2D eigenvalue weighted by Gasteiger charge is 2.18. The molecule has 3 aromatic rings. The van der Waals surface area contributed by atoms with E-state index in [0.717, 1.165) is 5.56 Å². The highest BCUT2D eigenvalue weighted by molar-refractivity contribution is 7.89. The lowest BCUT2D eigenvalue weighted by molar-refractivity contribution is -0.384. The second-order valence-electron chi connectivity index (χ2n) is 5.92. The van der Waals surface area contributed by atoms with Crippen molar-refractivity contribution in [1.82, 2.24) is 0 Å². The SMILES string of the molecule is Cc1ccc(-c2ccc(C=NNc3ccc(S(N)(=O)=O)cc3)o2)c([N+](=O)[O-])c1. The fourth-order valence-electron chi connectivity index (χ4n) is 2.46. The fourth-order valence-corrected chi connectivity index (χ4v) is 2.97. The highest BCUT2D eigenvalue weighted by Crippen LogP contribution is 2.31. The van der Waals surface area contributed by atoms with Crippen molar-refractivity contribution in [3.8, 4) is 11.3 Å². The van der Waals surface area contributed by atoms with Gasteiger partial charge in [0.1, 0.15) is 11.5 Å². The normalized spacial score (nSPS) is 11.6. The number of nitrogens with two attached hydrogens (primary N) is 1. The minimum atomic E-state index is -3.75. The van der Waals surface area contributed by atoms with Crippen molar-refractivity contribution < 1.29 is 17.8 Å². The van der Waals surface area contributed by atoms with Gasteiger partial charge < -0.3 is 4.42 Å². The number of nitrogens with one attached hydrogen (secondary N) is 1. The van der Waals surface area contributed by atoms with Crippen LogP contribution in [0.25, 0.3) is 11.3 Å². The van der Waals surface area contributed by atoms with E-state index in [-0.39, 0.29) is 10.6 Å². The van der Waals surface area contributed by atoms with Crippen molar-refractivity contribution in [2.45, 2.75) is 11.8 Å². The first-order valence-electron chi connectivity index (χ1n) is 8.01. The van der Waals surface area contributed by atoms with Crippen molar-refractivity contribution in [2.24, 2.45) is 10.2 Å². The monoisotopic (exact) mass is 400 g/mol. The highest BCUT2D eigenvalue weighted by atomic mass is 32.2. The number of furan rings is 1. The van der Waals surface area contributed by atoms with Crippen molar-refractivity contribution in [2.75, 3.05) is 5.43 Å². The maximum atomic E-state index is 11.3. The topological polar surface area (TPSA) is 141 Å². The van der Waals surface area contributed by atoms with Gasteiger partial charge in [0.25, 0.3) is 5.69 Å². The first-order valence-corrected chi connectivity index (χ1v) is 9.56. The summed E-state index contributed by atoms with van der Waals surface area (Å²) in [6.07, 6.45) is 1.40. The number of primary sulfonamides is 1. The molecule has 0 saturated carbocycles. The first kappa shape index (κ1) is 19.3. The number of anilines is 1. The Balaban J connectivity index is 1.74. The number of nitro benzene ring substituents is 1. The molecule has 0 aliphatic rings. The largest absolute Gasteiger partial charge is 0.455 e. The molecule has 2 aromatic carbocycles. The third-order valence-electron chi connectivity index (χ3n) is 3.81. The van der Waals surface area contributed by atoms with Crippen LogP contribution in [0.5, 0.6) is 0 Å². The zero-order chi connectivity index (χ0) is 20.3. The lowest BCUT2D eigenvalue weighted by atomic mass is 10.1. The Morgan fingerprint density at radius 1 is 1.14 bits per heavy atom. The molecule has 0 saturated heterocycles. The Kier molecular flexibility index (Phi) is 5.25. The summed E-state index contributed by atoms with van der Waals surface area (Å²) in [5.41, 5.74) is 4.39. The third kappa shape index (κ3) is 4.42. The molecule has 9 nitrogen and oxygen atoms in total. The second kappa shape index (κ2) is 7.62. The lowest BCUT2D eigenvalue weighted by Gasteiger charge is -2.02. The fraction of sp³-hybridized carbons (Fsp3) is 0.0556. The zero-order valence-corrected chi connectivity index (χ0v) is 15.5. The summed E-state index contributed by atoms with van der Waals surface area (Å²) in [5.74, 6) is 0.740. The molecular weight excluding hydrogens is 384 g/mol. The number of nitrogens with zero attached hydrogens (tertiary/aromatic N) is 2. The van der Waals surface area contributed by atoms with Crippen LogP contribution in [0.2, 0.25) is 0 Å². The van der Waals surface area contributed by atoms with Crippen LogP contribution < -0.4 is 10.6 Å². The Hall–Kier alpha value is -3.50. The van der Waals surface area contributed by atoms with E-state index >= 15 is 0 Å². The van der Waals surface area contributed by atoms with Gasteiger partial charge in [-0.3, -0.25) is 15.5 Å². The number of aryl methyl sites for hydroxylation is 1. The van der Waals surface area contributed by atoms with Crippen LogP contribution in [-0.2, 0) is 10.0 Å². The van der Waals surface area contributed by atoms with Crippen LogP contribution >= 0.6 is 0 Å². The molecule has 3 N–H and O–H groups in total. The Morgan fingerprint density at radius 3 is 2.50 bits per heavy atom. The third-order valence-corrected chi connectivity index (χ3v) is 4.74. The first-order chi connectivity index (χ1) is 13.2. The van der Waals surface area contributed by atoms with E-state index in [9.17, 15) is 18.5 Å². The number of hydrogen-bond donors (Lipinski definition) is 2. The van der Waals surface area contributed by atoms with Gasteiger partial charge in [-0.1, -0.05) is 6.07 Å². The molecule has 0 fully saturated rings. The summed E-state index contributed by atoms with van der Waals surface area (Å²) in [7, 11) is -3.75. The van der Waals surface area contributed by atoms with E-state index in [1.165, 1.54) is 36.5 Å². The van der Waals surface area contributed by atoms with Crippen LogP contribution in [0.4, 0.5) is 11.4 Å². The van der Waals surface area contributed by atoms with Gasteiger partial charge in [0.15, 0.2) is 0 Å². The molecule has 0 aliphatic heterocycles. The van der Waals surface area contributed by atoms with E-state index in [2.05, 4.69) is 10.5 Å². The maximum Gasteiger partial charge on any atom is 0.280 e. The Labute approximate surface area is 160 Å². The van der Waals surface area contributed by atoms with E-state index in [0.29, 0.717) is 22.8 Å². The van der Waals surface area contributed by atoms with Gasteiger partial charge >= 0.3 is 0 Å². The number of rotatable bonds is 6. The zero-order valence-electron chi connectivity index (χ0n) is 14.7. The van der Waals surface area contributed by atoms with Crippen LogP contribution in [0, 0.1) is 17.0 Å². The summed E-state index contributed by atoms with van der Waals surface area (Å²) in [5, 5.41) is 20.3. The van der Waals surface area contributed by atoms with Gasteiger partial charge in [-0.05, 0) is 55.0 Å². The quantitative estimate of drug-likeness (QED) is 0.370. The number of hydrogen-bond acceptors (Lipinski definition) is 7.